The Labute approximate surface area is 101 Å². The first-order valence-electron chi connectivity index (χ1n) is 5.38. The van der Waals surface area contributed by atoms with Crippen LogP contribution in [0.4, 0.5) is 0 Å². The molecule has 0 atom stereocenters. The lowest BCUT2D eigenvalue weighted by Crippen LogP contribution is -2.37. The van der Waals surface area contributed by atoms with E-state index in [1.54, 1.807) is 0 Å². The number of aryl methyl sites for hydroxylation is 1. The first-order chi connectivity index (χ1) is 6.88. The van der Waals surface area contributed by atoms with Gasteiger partial charge in [0.2, 0.25) is 0 Å². The number of rotatable bonds is 3. The number of halogens is 1. The molecule has 2 heteroatoms. The summed E-state index contributed by atoms with van der Waals surface area (Å²) in [6.45, 7) is 9.72. The zero-order chi connectivity index (χ0) is 11.5. The highest BCUT2D eigenvalue weighted by molar-refractivity contribution is 9.10. The molecule has 0 saturated heterocycles. The maximum Gasteiger partial charge on any atom is 0.0207 e. The van der Waals surface area contributed by atoms with E-state index < -0.39 is 0 Å². The molecule has 1 rings (SSSR count). The Kier molecular flexibility index (Phi) is 4.35. The van der Waals surface area contributed by atoms with E-state index in [4.69, 9.17) is 0 Å². The third kappa shape index (κ3) is 4.80. The highest BCUT2D eigenvalue weighted by atomic mass is 79.9. The lowest BCUT2D eigenvalue weighted by atomic mass is 10.1. The molecule has 0 heterocycles. The molecular formula is C13H20BrN. The smallest absolute Gasteiger partial charge is 0.0207 e. The van der Waals surface area contributed by atoms with Gasteiger partial charge in [0, 0.05) is 10.0 Å². The van der Waals surface area contributed by atoms with Crippen LogP contribution in [0.1, 0.15) is 31.9 Å². The van der Waals surface area contributed by atoms with Crippen molar-refractivity contribution >= 4 is 15.9 Å². The third-order valence-electron chi connectivity index (χ3n) is 2.31. The van der Waals surface area contributed by atoms with Gasteiger partial charge >= 0.3 is 0 Å². The zero-order valence-electron chi connectivity index (χ0n) is 10.0. The Morgan fingerprint density at radius 1 is 1.27 bits per heavy atom. The lowest BCUT2D eigenvalue weighted by Gasteiger charge is -2.20. The molecule has 0 aliphatic carbocycles. The molecule has 0 fully saturated rings. The largest absolute Gasteiger partial charge is 0.312 e. The van der Waals surface area contributed by atoms with E-state index in [0.717, 1.165) is 13.0 Å². The highest BCUT2D eigenvalue weighted by Crippen LogP contribution is 2.17. The second-order valence-corrected chi connectivity index (χ2v) is 5.86. The van der Waals surface area contributed by atoms with Gasteiger partial charge in [0.25, 0.3) is 0 Å². The first-order valence-corrected chi connectivity index (χ1v) is 6.18. The monoisotopic (exact) mass is 269 g/mol. The fraction of sp³-hybridized carbons (Fsp3) is 0.538. The maximum absolute atomic E-state index is 3.56. The molecule has 0 unspecified atom stereocenters. The molecule has 1 aromatic carbocycles. The van der Waals surface area contributed by atoms with Gasteiger partial charge in [0.05, 0.1) is 0 Å². The maximum atomic E-state index is 3.56. The minimum absolute atomic E-state index is 0.210. The molecule has 1 nitrogen and oxygen atoms in total. The third-order valence-corrected chi connectivity index (χ3v) is 3.16. The summed E-state index contributed by atoms with van der Waals surface area (Å²) in [6, 6.07) is 6.57. The van der Waals surface area contributed by atoms with Crippen LogP contribution in [0.15, 0.2) is 22.7 Å². The van der Waals surface area contributed by atoms with E-state index in [0.29, 0.717) is 0 Å². The van der Waals surface area contributed by atoms with Crippen LogP contribution >= 0.6 is 15.9 Å². The number of hydrogen-bond donors (Lipinski definition) is 1. The van der Waals surface area contributed by atoms with Gasteiger partial charge in [0.15, 0.2) is 0 Å². The van der Waals surface area contributed by atoms with E-state index in [9.17, 15) is 0 Å². The Balaban J connectivity index is 2.48. The van der Waals surface area contributed by atoms with Crippen molar-refractivity contribution in [2.75, 3.05) is 6.54 Å². The van der Waals surface area contributed by atoms with Gasteiger partial charge in [-0.05, 0) is 57.9 Å². The van der Waals surface area contributed by atoms with Crippen molar-refractivity contribution in [2.24, 2.45) is 0 Å². The zero-order valence-corrected chi connectivity index (χ0v) is 11.6. The highest BCUT2D eigenvalue weighted by Gasteiger charge is 2.07. The van der Waals surface area contributed by atoms with Gasteiger partial charge in [-0.3, -0.25) is 0 Å². The molecule has 0 saturated carbocycles. The molecule has 0 amide bonds. The van der Waals surface area contributed by atoms with E-state index in [-0.39, 0.29) is 5.54 Å². The molecule has 1 aromatic rings. The average molecular weight is 270 g/mol. The molecular weight excluding hydrogens is 250 g/mol. The van der Waals surface area contributed by atoms with Crippen molar-refractivity contribution < 1.29 is 0 Å². The van der Waals surface area contributed by atoms with Gasteiger partial charge in [-0.2, -0.15) is 0 Å². The van der Waals surface area contributed by atoms with Crippen LogP contribution in [0.5, 0.6) is 0 Å². The molecule has 0 aliphatic rings. The van der Waals surface area contributed by atoms with Gasteiger partial charge in [-0.25, -0.2) is 0 Å². The van der Waals surface area contributed by atoms with Gasteiger partial charge < -0.3 is 5.32 Å². The minimum Gasteiger partial charge on any atom is -0.312 e. The number of benzene rings is 1. The van der Waals surface area contributed by atoms with Crippen LogP contribution in [0.2, 0.25) is 0 Å². The summed E-state index contributed by atoms with van der Waals surface area (Å²) in [7, 11) is 0. The van der Waals surface area contributed by atoms with Crippen molar-refractivity contribution in [1.29, 1.82) is 0 Å². The summed E-state index contributed by atoms with van der Waals surface area (Å²) in [5.41, 5.74) is 2.88. The minimum atomic E-state index is 0.210. The van der Waals surface area contributed by atoms with Crippen LogP contribution in [0.3, 0.4) is 0 Å². The second kappa shape index (κ2) is 5.13. The second-order valence-electron chi connectivity index (χ2n) is 5.01. The first kappa shape index (κ1) is 12.7. The molecule has 0 aromatic heterocycles. The summed E-state index contributed by atoms with van der Waals surface area (Å²) in [6.07, 6.45) is 1.08. The SMILES string of the molecule is Cc1ccc(CCNC(C)(C)C)cc1Br. The van der Waals surface area contributed by atoms with E-state index in [2.05, 4.69) is 67.1 Å². The standard InChI is InChI=1S/C13H20BrN/c1-10-5-6-11(9-12(10)14)7-8-15-13(2,3)4/h5-6,9,15H,7-8H2,1-4H3. The predicted molar refractivity (Wildman–Crippen MR) is 70.3 cm³/mol. The normalized spacial score (nSPS) is 11.8. The molecule has 0 radical (unpaired) electrons. The topological polar surface area (TPSA) is 12.0 Å². The molecule has 0 aliphatic heterocycles. The fourth-order valence-electron chi connectivity index (χ4n) is 1.37. The molecule has 15 heavy (non-hydrogen) atoms. The number of hydrogen-bond acceptors (Lipinski definition) is 1. The van der Waals surface area contributed by atoms with E-state index in [1.807, 2.05) is 0 Å². The van der Waals surface area contributed by atoms with Crippen molar-refractivity contribution in [3.8, 4) is 0 Å². The van der Waals surface area contributed by atoms with Crippen LogP contribution in [-0.4, -0.2) is 12.1 Å². The van der Waals surface area contributed by atoms with Crippen molar-refractivity contribution in [3.05, 3.63) is 33.8 Å². The Bertz CT molecular complexity index is 326. The summed E-state index contributed by atoms with van der Waals surface area (Å²) in [5.74, 6) is 0. The van der Waals surface area contributed by atoms with E-state index in [1.165, 1.54) is 15.6 Å². The van der Waals surface area contributed by atoms with Crippen LogP contribution in [0.25, 0.3) is 0 Å². The predicted octanol–water partition coefficient (Wildman–Crippen LogP) is 3.69. The van der Waals surface area contributed by atoms with E-state index >= 15 is 0 Å². The fourth-order valence-corrected chi connectivity index (χ4v) is 1.80. The average Bonchev–Trinajstić information content (AvgIpc) is 2.09. The van der Waals surface area contributed by atoms with Gasteiger partial charge in [0.1, 0.15) is 0 Å². The number of nitrogens with one attached hydrogen (secondary N) is 1. The summed E-state index contributed by atoms with van der Waals surface area (Å²) >= 11 is 3.56. The Morgan fingerprint density at radius 3 is 2.47 bits per heavy atom. The molecule has 1 N–H and O–H groups in total. The van der Waals surface area contributed by atoms with Crippen molar-refractivity contribution in [1.82, 2.24) is 5.32 Å². The van der Waals surface area contributed by atoms with Gasteiger partial charge in [-0.15, -0.1) is 0 Å². The quantitative estimate of drug-likeness (QED) is 0.883. The van der Waals surface area contributed by atoms with Crippen LogP contribution in [-0.2, 0) is 6.42 Å². The summed E-state index contributed by atoms with van der Waals surface area (Å²) in [5, 5.41) is 3.49. The Morgan fingerprint density at radius 2 is 1.93 bits per heavy atom. The van der Waals surface area contributed by atoms with Crippen LogP contribution < -0.4 is 5.32 Å². The summed E-state index contributed by atoms with van der Waals surface area (Å²) < 4.78 is 1.20. The molecule has 0 bridgehead atoms. The Hall–Kier alpha value is -0.340. The molecule has 84 valence electrons. The summed E-state index contributed by atoms with van der Waals surface area (Å²) in [4.78, 5) is 0. The van der Waals surface area contributed by atoms with Crippen molar-refractivity contribution in [2.45, 2.75) is 39.7 Å². The van der Waals surface area contributed by atoms with Crippen molar-refractivity contribution in [3.63, 3.8) is 0 Å². The van der Waals surface area contributed by atoms with Gasteiger partial charge in [-0.1, -0.05) is 28.1 Å². The molecule has 0 spiro atoms. The van der Waals surface area contributed by atoms with Crippen LogP contribution in [0, 0.1) is 6.92 Å². The lowest BCUT2D eigenvalue weighted by molar-refractivity contribution is 0.429.